The Morgan fingerprint density at radius 1 is 1.26 bits per heavy atom. The molecule has 1 aromatic rings. The number of benzene rings is 1. The van der Waals surface area contributed by atoms with Gasteiger partial charge in [0, 0.05) is 32.5 Å². The number of methoxy groups -OCH3 is 1. The van der Waals surface area contributed by atoms with Crippen molar-refractivity contribution in [1.29, 1.82) is 0 Å². The van der Waals surface area contributed by atoms with E-state index in [1.807, 2.05) is 19.2 Å². The van der Waals surface area contributed by atoms with Crippen molar-refractivity contribution < 1.29 is 9.13 Å². The van der Waals surface area contributed by atoms with E-state index in [1.165, 1.54) is 6.07 Å². The zero-order valence-corrected chi connectivity index (χ0v) is 20.0. The minimum atomic E-state index is -0.190. The van der Waals surface area contributed by atoms with Crippen molar-refractivity contribution in [3.8, 4) is 0 Å². The lowest BCUT2D eigenvalue weighted by Crippen LogP contribution is -2.38. The van der Waals surface area contributed by atoms with Gasteiger partial charge in [-0.05, 0) is 56.5 Å². The number of nitrogens with zero attached hydrogens (tertiary/aromatic N) is 2. The molecular weight excluding hydrogens is 478 g/mol. The summed E-state index contributed by atoms with van der Waals surface area (Å²) in [7, 11) is 3.82. The SMILES string of the molecule is CCNC(=NCc1ccc(F)cc1CSC)NCCCN(C)CCOC.I. The van der Waals surface area contributed by atoms with Gasteiger partial charge in [-0.3, -0.25) is 0 Å². The van der Waals surface area contributed by atoms with Gasteiger partial charge in [-0.25, -0.2) is 9.38 Å². The summed E-state index contributed by atoms with van der Waals surface area (Å²) in [5.74, 6) is 1.40. The molecule has 0 aliphatic carbocycles. The molecule has 0 radical (unpaired) electrons. The first-order valence-corrected chi connectivity index (χ1v) is 10.5. The first-order valence-electron chi connectivity index (χ1n) is 9.06. The molecule has 0 aliphatic heterocycles. The highest BCUT2D eigenvalue weighted by molar-refractivity contribution is 14.0. The fraction of sp³-hybridized carbons (Fsp3) is 0.632. The molecule has 2 N–H and O–H groups in total. The molecule has 0 aliphatic rings. The molecule has 27 heavy (non-hydrogen) atoms. The average molecular weight is 512 g/mol. The van der Waals surface area contributed by atoms with Gasteiger partial charge < -0.3 is 20.3 Å². The monoisotopic (exact) mass is 512 g/mol. The van der Waals surface area contributed by atoms with Crippen molar-refractivity contribution in [3.05, 3.63) is 35.1 Å². The van der Waals surface area contributed by atoms with E-state index < -0.39 is 0 Å². The minimum Gasteiger partial charge on any atom is -0.383 e. The Balaban J connectivity index is 0.00000676. The van der Waals surface area contributed by atoms with Crippen LogP contribution in [0.1, 0.15) is 24.5 Å². The molecule has 156 valence electrons. The summed E-state index contributed by atoms with van der Waals surface area (Å²) < 4.78 is 18.5. The molecule has 0 saturated carbocycles. The summed E-state index contributed by atoms with van der Waals surface area (Å²) in [6.07, 6.45) is 3.05. The maximum Gasteiger partial charge on any atom is 0.191 e. The van der Waals surface area contributed by atoms with Gasteiger partial charge in [0.15, 0.2) is 5.96 Å². The number of ether oxygens (including phenoxy) is 1. The second-order valence-electron chi connectivity index (χ2n) is 6.12. The van der Waals surface area contributed by atoms with E-state index in [4.69, 9.17) is 4.74 Å². The molecule has 0 spiro atoms. The number of hydrogen-bond acceptors (Lipinski definition) is 4. The zero-order chi connectivity index (χ0) is 19.2. The molecule has 5 nitrogen and oxygen atoms in total. The first kappa shape index (κ1) is 26.4. The molecule has 0 amide bonds. The van der Waals surface area contributed by atoms with Gasteiger partial charge in [0.25, 0.3) is 0 Å². The average Bonchev–Trinajstić information content (AvgIpc) is 2.62. The number of halogens is 2. The normalized spacial score (nSPS) is 11.4. The molecule has 0 atom stereocenters. The highest BCUT2D eigenvalue weighted by Gasteiger charge is 2.05. The summed E-state index contributed by atoms with van der Waals surface area (Å²) in [6.45, 7) is 6.94. The fourth-order valence-electron chi connectivity index (χ4n) is 2.46. The maximum atomic E-state index is 13.5. The number of thioether (sulfide) groups is 1. The van der Waals surface area contributed by atoms with E-state index in [1.54, 1.807) is 24.9 Å². The Morgan fingerprint density at radius 3 is 2.70 bits per heavy atom. The number of aliphatic imine (C=N–C) groups is 1. The van der Waals surface area contributed by atoms with Gasteiger partial charge in [0.1, 0.15) is 5.82 Å². The Morgan fingerprint density at radius 2 is 2.04 bits per heavy atom. The van der Waals surface area contributed by atoms with Gasteiger partial charge in [-0.1, -0.05) is 6.07 Å². The highest BCUT2D eigenvalue weighted by Crippen LogP contribution is 2.17. The predicted octanol–water partition coefficient (Wildman–Crippen LogP) is 3.33. The van der Waals surface area contributed by atoms with Crippen LogP contribution < -0.4 is 10.6 Å². The Hall–Kier alpha value is -0.580. The van der Waals surface area contributed by atoms with Crippen LogP contribution in [0.5, 0.6) is 0 Å². The van der Waals surface area contributed by atoms with Crippen LogP contribution in [-0.4, -0.2) is 64.1 Å². The molecule has 0 fully saturated rings. The van der Waals surface area contributed by atoms with E-state index >= 15 is 0 Å². The molecule has 1 aromatic carbocycles. The second-order valence-corrected chi connectivity index (χ2v) is 6.98. The van der Waals surface area contributed by atoms with E-state index in [0.717, 1.165) is 62.0 Å². The Kier molecular flexibility index (Phi) is 16.0. The van der Waals surface area contributed by atoms with Gasteiger partial charge in [0.2, 0.25) is 0 Å². The molecule has 0 bridgehead atoms. The van der Waals surface area contributed by atoms with Crippen molar-refractivity contribution in [2.75, 3.05) is 53.2 Å². The fourth-order valence-corrected chi connectivity index (χ4v) is 3.04. The van der Waals surface area contributed by atoms with Crippen LogP contribution in [0, 0.1) is 5.82 Å². The number of nitrogens with one attached hydrogen (secondary N) is 2. The molecule has 0 saturated heterocycles. The molecule has 0 heterocycles. The third kappa shape index (κ3) is 11.8. The van der Waals surface area contributed by atoms with Gasteiger partial charge in [-0.15, -0.1) is 24.0 Å². The maximum absolute atomic E-state index is 13.5. The Labute approximate surface area is 184 Å². The molecule has 1 rings (SSSR count). The van der Waals surface area contributed by atoms with E-state index in [0.29, 0.717) is 6.54 Å². The Bertz CT molecular complexity index is 548. The van der Waals surface area contributed by atoms with Crippen LogP contribution in [0.25, 0.3) is 0 Å². The summed E-state index contributed by atoms with van der Waals surface area (Å²) in [6, 6.07) is 4.95. The summed E-state index contributed by atoms with van der Waals surface area (Å²) >= 11 is 1.69. The standard InChI is InChI=1S/C19H33FN4OS.HI/c1-5-21-19(22-9-6-10-24(2)11-12-25-3)23-14-16-7-8-18(20)13-17(16)15-26-4;/h7-8,13H,5-6,9-12,14-15H2,1-4H3,(H2,21,22,23);1H. The summed E-state index contributed by atoms with van der Waals surface area (Å²) in [4.78, 5) is 6.90. The highest BCUT2D eigenvalue weighted by atomic mass is 127. The quantitative estimate of drug-likeness (QED) is 0.195. The lowest BCUT2D eigenvalue weighted by atomic mass is 10.1. The van der Waals surface area contributed by atoms with Crippen molar-refractivity contribution in [2.45, 2.75) is 25.6 Å². The topological polar surface area (TPSA) is 48.9 Å². The van der Waals surface area contributed by atoms with Crippen LogP contribution in [0.3, 0.4) is 0 Å². The van der Waals surface area contributed by atoms with Crippen molar-refractivity contribution in [1.82, 2.24) is 15.5 Å². The lowest BCUT2D eigenvalue weighted by molar-refractivity contribution is 0.161. The molecule has 8 heteroatoms. The predicted molar refractivity (Wildman–Crippen MR) is 126 cm³/mol. The number of guanidine groups is 1. The van der Waals surface area contributed by atoms with Gasteiger partial charge in [0.05, 0.1) is 13.2 Å². The van der Waals surface area contributed by atoms with Crippen molar-refractivity contribution >= 4 is 41.7 Å². The third-order valence-electron chi connectivity index (χ3n) is 3.91. The largest absolute Gasteiger partial charge is 0.383 e. The van der Waals surface area contributed by atoms with Crippen LogP contribution in [-0.2, 0) is 17.0 Å². The third-order valence-corrected chi connectivity index (χ3v) is 4.51. The molecule has 0 aromatic heterocycles. The number of hydrogen-bond donors (Lipinski definition) is 2. The van der Waals surface area contributed by atoms with Crippen LogP contribution in [0.2, 0.25) is 0 Å². The zero-order valence-electron chi connectivity index (χ0n) is 16.9. The van der Waals surface area contributed by atoms with E-state index in [-0.39, 0.29) is 29.8 Å². The first-order chi connectivity index (χ1) is 12.6. The van der Waals surface area contributed by atoms with E-state index in [9.17, 15) is 4.39 Å². The van der Waals surface area contributed by atoms with Crippen LogP contribution in [0.15, 0.2) is 23.2 Å². The van der Waals surface area contributed by atoms with Gasteiger partial charge >= 0.3 is 0 Å². The number of rotatable bonds is 12. The minimum absolute atomic E-state index is 0. The van der Waals surface area contributed by atoms with Crippen molar-refractivity contribution in [3.63, 3.8) is 0 Å². The molecular formula is C19H34FIN4OS. The summed E-state index contributed by atoms with van der Waals surface area (Å²) in [5.41, 5.74) is 2.08. The van der Waals surface area contributed by atoms with Crippen molar-refractivity contribution in [2.24, 2.45) is 4.99 Å². The second kappa shape index (κ2) is 16.4. The molecule has 0 unspecified atom stereocenters. The van der Waals surface area contributed by atoms with Crippen LogP contribution >= 0.6 is 35.7 Å². The van der Waals surface area contributed by atoms with Crippen LogP contribution in [0.4, 0.5) is 4.39 Å². The number of likely N-dealkylation sites (N-methyl/N-ethyl adjacent to an activating group) is 1. The summed E-state index contributed by atoms with van der Waals surface area (Å²) in [5, 5.41) is 6.63. The van der Waals surface area contributed by atoms with Gasteiger partial charge in [-0.2, -0.15) is 11.8 Å². The smallest absolute Gasteiger partial charge is 0.191 e. The van der Waals surface area contributed by atoms with E-state index in [2.05, 4.69) is 27.6 Å². The lowest BCUT2D eigenvalue weighted by Gasteiger charge is -2.17.